The Morgan fingerprint density at radius 2 is 0.857 bits per heavy atom. The van der Waals surface area contributed by atoms with Gasteiger partial charge in [0.1, 0.15) is 0 Å². The molecular weight excluding hydrogens is 447 g/mol. The molecule has 0 fully saturated rings. The third-order valence-corrected chi connectivity index (χ3v) is 2.79. The third-order valence-electron chi connectivity index (χ3n) is 2.79. The monoisotopic (exact) mass is 448 g/mol. The minimum absolute atomic E-state index is 4.19. The van der Waals surface area contributed by atoms with Gasteiger partial charge in [0.2, 0.25) is 0 Å². The van der Waals surface area contributed by atoms with Gasteiger partial charge in [0.15, 0.2) is 0 Å². The van der Waals surface area contributed by atoms with Gasteiger partial charge in [-0.05, 0) is 0 Å². The van der Waals surface area contributed by atoms with Crippen molar-refractivity contribution in [3.8, 4) is 0 Å². The van der Waals surface area contributed by atoms with Crippen LogP contribution >= 0.6 is 0 Å². The first-order chi connectivity index (χ1) is 11.9. The summed E-state index contributed by atoms with van der Waals surface area (Å²) in [5, 5.41) is 7.93. The van der Waals surface area contributed by atoms with Gasteiger partial charge in [0.25, 0.3) is 11.6 Å². The number of carboxylic acids is 1. The quantitative estimate of drug-likeness (QED) is 0.478. The van der Waals surface area contributed by atoms with Gasteiger partial charge in [-0.3, -0.25) is 14.4 Å². The van der Waals surface area contributed by atoms with Crippen molar-refractivity contribution in [3.63, 3.8) is 0 Å². The summed E-state index contributed by atoms with van der Waals surface area (Å²) >= 11 is 0. The first kappa shape index (κ1) is 25.6. The molecule has 1 N–H and O–H groups in total. The highest BCUT2D eigenvalue weighted by Crippen LogP contribution is 2.47. The molecule has 0 amide bonds. The van der Waals surface area contributed by atoms with Gasteiger partial charge < -0.3 is 5.11 Å². The molecule has 162 valence electrons. The minimum atomic E-state index is -7.58. The van der Waals surface area contributed by atoms with Crippen LogP contribution in [0.3, 0.4) is 0 Å². The van der Waals surface area contributed by atoms with Crippen molar-refractivity contribution in [2.24, 2.45) is 0 Å². The molecule has 0 aromatic carbocycles. The molecule has 0 aliphatic rings. The second-order valence-corrected chi connectivity index (χ2v) is 4.67. The number of aliphatic carboxylic acids is 1. The Bertz CT molecular complexity index is 703. The molecule has 18 heteroatoms. The summed E-state index contributed by atoms with van der Waals surface area (Å²) in [6, 6.07) is 0. The number of halogens is 13. The smallest absolute Gasteiger partial charge is 0.456 e. The van der Waals surface area contributed by atoms with E-state index in [0.29, 0.717) is 0 Å². The first-order valence-corrected chi connectivity index (χ1v) is 5.75. The lowest BCUT2D eigenvalue weighted by Gasteiger charge is -2.31. The summed E-state index contributed by atoms with van der Waals surface area (Å²) in [5.74, 6) is -41.1. The van der Waals surface area contributed by atoms with Crippen LogP contribution in [-0.4, -0.2) is 64.2 Å². The van der Waals surface area contributed by atoms with Gasteiger partial charge in [-0.1, -0.05) is 0 Å². The maximum atomic E-state index is 13.3. The van der Waals surface area contributed by atoms with Gasteiger partial charge in [-0.15, -0.1) is 0 Å². The summed E-state index contributed by atoms with van der Waals surface area (Å²) in [7, 11) is 0. The molecule has 1 unspecified atom stereocenters. The van der Waals surface area contributed by atoms with Crippen LogP contribution in [0, 0.1) is 0 Å². The summed E-state index contributed by atoms with van der Waals surface area (Å²) in [6.07, 6.45) is -14.0. The molecule has 0 saturated heterocycles. The summed E-state index contributed by atoms with van der Waals surface area (Å²) < 4.78 is 164. The van der Waals surface area contributed by atoms with Crippen LogP contribution in [0.4, 0.5) is 57.1 Å². The lowest BCUT2D eigenvalue weighted by atomic mass is 9.88. The Morgan fingerprint density at radius 3 is 1.11 bits per heavy atom. The normalized spacial score (nSPS) is 16.3. The highest BCUT2D eigenvalue weighted by molar-refractivity contribution is 6.18. The number of ketones is 3. The number of carbonyl (C=O) groups excluding carboxylic acids is 3. The molecule has 0 radical (unpaired) electrons. The first-order valence-electron chi connectivity index (χ1n) is 5.75. The molecule has 0 aliphatic heterocycles. The number of carboxylic acid groups (broad SMARTS) is 1. The molecule has 0 aromatic heterocycles. The van der Waals surface area contributed by atoms with E-state index in [0.717, 1.165) is 0 Å². The van der Waals surface area contributed by atoms with Crippen molar-refractivity contribution in [1.29, 1.82) is 0 Å². The maximum Gasteiger partial charge on any atom is 0.456 e. The second-order valence-electron chi connectivity index (χ2n) is 4.67. The van der Waals surface area contributed by atoms with Crippen molar-refractivity contribution in [1.82, 2.24) is 0 Å². The topological polar surface area (TPSA) is 88.5 Å². The van der Waals surface area contributed by atoms with Crippen LogP contribution in [0.15, 0.2) is 0 Å². The second kappa shape index (κ2) is 6.57. The Morgan fingerprint density at radius 1 is 0.536 bits per heavy atom. The van der Waals surface area contributed by atoms with E-state index in [1.54, 1.807) is 0 Å². The van der Waals surface area contributed by atoms with E-state index in [1.807, 2.05) is 0 Å². The Kier molecular flexibility index (Phi) is 6.00. The fourth-order valence-corrected chi connectivity index (χ4v) is 1.33. The summed E-state index contributed by atoms with van der Waals surface area (Å²) in [5.41, 5.74) is -6.89. The Hall–Kier alpha value is -2.43. The highest BCUT2D eigenvalue weighted by atomic mass is 19.4. The van der Waals surface area contributed by atoms with Crippen molar-refractivity contribution in [2.45, 2.75) is 35.8 Å². The maximum absolute atomic E-state index is 13.3. The van der Waals surface area contributed by atoms with E-state index in [4.69, 9.17) is 5.11 Å². The molecule has 0 heterocycles. The van der Waals surface area contributed by atoms with Crippen LogP contribution in [0.1, 0.15) is 0 Å². The van der Waals surface area contributed by atoms with E-state index in [2.05, 4.69) is 0 Å². The van der Waals surface area contributed by atoms with Crippen LogP contribution in [-0.2, 0) is 19.2 Å². The number of hydrogen-bond acceptors (Lipinski definition) is 4. The van der Waals surface area contributed by atoms with Crippen LogP contribution in [0.25, 0.3) is 0 Å². The molecule has 0 bridgehead atoms. The van der Waals surface area contributed by atoms with Crippen molar-refractivity contribution in [2.75, 3.05) is 0 Å². The highest BCUT2D eigenvalue weighted by Gasteiger charge is 2.82. The van der Waals surface area contributed by atoms with Gasteiger partial charge in [-0.2, -0.15) is 52.7 Å². The zero-order valence-corrected chi connectivity index (χ0v) is 12.0. The van der Waals surface area contributed by atoms with Crippen LogP contribution in [0.5, 0.6) is 0 Å². The van der Waals surface area contributed by atoms with Gasteiger partial charge in [0, 0.05) is 0 Å². The van der Waals surface area contributed by atoms with E-state index >= 15 is 0 Å². The zero-order valence-electron chi connectivity index (χ0n) is 12.0. The van der Waals surface area contributed by atoms with Crippen molar-refractivity contribution >= 4 is 23.3 Å². The van der Waals surface area contributed by atoms with Crippen molar-refractivity contribution < 1.29 is 81.4 Å². The average molecular weight is 448 g/mol. The van der Waals surface area contributed by atoms with Gasteiger partial charge >= 0.3 is 47.5 Å². The fraction of sp³-hybridized carbons (Fsp3) is 0.600. The number of hydrogen-bond donors (Lipinski definition) is 1. The Balaban J connectivity index is 6.48. The molecule has 5 nitrogen and oxygen atoms in total. The summed E-state index contributed by atoms with van der Waals surface area (Å²) in [6.45, 7) is 0. The Labute approximate surface area is 142 Å². The molecule has 0 spiro atoms. The molecule has 0 rings (SSSR count). The number of Topliss-reactive ketones (excluding diaryl/α,β-unsaturated/α-hetero) is 3. The molecule has 0 aliphatic carbocycles. The number of rotatable bonds is 7. The van der Waals surface area contributed by atoms with E-state index in [9.17, 15) is 76.3 Å². The zero-order chi connectivity index (χ0) is 23.3. The van der Waals surface area contributed by atoms with Crippen LogP contribution in [0.2, 0.25) is 0 Å². The van der Waals surface area contributed by atoms with Gasteiger partial charge in [0.05, 0.1) is 0 Å². The van der Waals surface area contributed by atoms with Crippen LogP contribution < -0.4 is 0 Å². The third kappa shape index (κ3) is 3.62. The largest absolute Gasteiger partial charge is 0.478 e. The predicted octanol–water partition coefficient (Wildman–Crippen LogP) is 2.52. The lowest BCUT2D eigenvalue weighted by Crippen LogP contribution is -2.67. The molecule has 1 atom stereocenters. The number of alkyl halides is 13. The van der Waals surface area contributed by atoms with E-state index in [-0.39, 0.29) is 0 Å². The summed E-state index contributed by atoms with van der Waals surface area (Å²) in [4.78, 5) is 41.9. The molecule has 0 aromatic rings. The van der Waals surface area contributed by atoms with E-state index in [1.165, 1.54) is 0 Å². The van der Waals surface area contributed by atoms with E-state index < -0.39 is 59.1 Å². The standard InChI is InChI=1S/C10HF13O5/c11-5(4(27)28,10(21,22)23)1(24)7(14,15)8(16,17)2(25)6(12,13)3(26)9(18,19)20/h(H,27,28). The average Bonchev–Trinajstić information content (AvgIpc) is 2.48. The van der Waals surface area contributed by atoms with Gasteiger partial charge in [-0.25, -0.2) is 9.18 Å². The molecule has 0 saturated carbocycles. The molecular formula is C10HF13O5. The SMILES string of the molecule is O=C(C(F)(F)F)C(F)(F)C(=O)C(F)(F)C(F)(F)C(=O)C(F)(C(=O)O)C(F)(F)F. The molecule has 28 heavy (non-hydrogen) atoms. The predicted molar refractivity (Wildman–Crippen MR) is 53.4 cm³/mol. The number of carbonyl (C=O) groups is 4. The lowest BCUT2D eigenvalue weighted by molar-refractivity contribution is -0.257. The van der Waals surface area contributed by atoms with Crippen molar-refractivity contribution in [3.05, 3.63) is 0 Å². The minimum Gasteiger partial charge on any atom is -0.478 e. The fourth-order valence-electron chi connectivity index (χ4n) is 1.33.